The number of carbonyl (C=O) groups excluding carboxylic acids is 2. The number of aliphatic carboxylic acids is 1. The summed E-state index contributed by atoms with van der Waals surface area (Å²) in [7, 11) is 0. The standard InChI is InChI=1S/C25H27N5O5/c31-23(32)11-10-22(24(33)26-12-5-14-30-15-13-27-29-30)28-25(34)35-16-21-19-8-3-1-6-17(19)18-7-2-4-9-20(18)21/h1-4,6-9,13,15,21-22H,5,10-12,14,16H2,(H,26,33)(H,28,34)(H,31,32). The summed E-state index contributed by atoms with van der Waals surface area (Å²) in [6.07, 6.45) is 2.82. The first kappa shape index (κ1) is 23.9. The van der Waals surface area contributed by atoms with Gasteiger partial charge < -0.3 is 20.5 Å². The van der Waals surface area contributed by atoms with Crippen LogP contribution in [0, 0.1) is 0 Å². The zero-order valence-electron chi connectivity index (χ0n) is 19.1. The third kappa shape index (κ3) is 6.03. The molecule has 10 nitrogen and oxygen atoms in total. The molecule has 1 heterocycles. The third-order valence-corrected chi connectivity index (χ3v) is 5.93. The number of rotatable bonds is 11. The van der Waals surface area contributed by atoms with E-state index in [0.717, 1.165) is 22.3 Å². The number of amides is 2. The molecule has 1 unspecified atom stereocenters. The van der Waals surface area contributed by atoms with Crippen LogP contribution < -0.4 is 10.6 Å². The van der Waals surface area contributed by atoms with E-state index in [4.69, 9.17) is 9.84 Å². The van der Waals surface area contributed by atoms with Gasteiger partial charge in [-0.1, -0.05) is 53.7 Å². The van der Waals surface area contributed by atoms with Crippen LogP contribution in [0.3, 0.4) is 0 Å². The Morgan fingerprint density at radius 3 is 2.37 bits per heavy atom. The Morgan fingerprint density at radius 1 is 1.06 bits per heavy atom. The molecule has 0 fully saturated rings. The molecule has 3 aromatic rings. The number of benzene rings is 2. The summed E-state index contributed by atoms with van der Waals surface area (Å²) in [4.78, 5) is 36.3. The van der Waals surface area contributed by atoms with E-state index in [2.05, 4.69) is 20.9 Å². The number of nitrogens with zero attached hydrogens (tertiary/aromatic N) is 3. The number of carbonyl (C=O) groups is 3. The number of carboxylic acid groups (broad SMARTS) is 1. The predicted octanol–water partition coefficient (Wildman–Crippen LogP) is 2.56. The average Bonchev–Trinajstić information content (AvgIpc) is 3.49. The molecule has 1 atom stereocenters. The van der Waals surface area contributed by atoms with E-state index in [9.17, 15) is 14.4 Å². The Morgan fingerprint density at radius 2 is 1.74 bits per heavy atom. The van der Waals surface area contributed by atoms with Crippen molar-refractivity contribution in [2.24, 2.45) is 0 Å². The lowest BCUT2D eigenvalue weighted by Gasteiger charge is -2.19. The minimum Gasteiger partial charge on any atom is -0.481 e. The highest BCUT2D eigenvalue weighted by atomic mass is 16.5. The highest BCUT2D eigenvalue weighted by Gasteiger charge is 2.29. The van der Waals surface area contributed by atoms with Gasteiger partial charge in [0.05, 0.1) is 6.20 Å². The topological polar surface area (TPSA) is 135 Å². The van der Waals surface area contributed by atoms with Crippen molar-refractivity contribution >= 4 is 18.0 Å². The fourth-order valence-electron chi connectivity index (χ4n) is 4.25. The molecule has 0 spiro atoms. The van der Waals surface area contributed by atoms with Crippen molar-refractivity contribution in [3.63, 3.8) is 0 Å². The van der Waals surface area contributed by atoms with E-state index >= 15 is 0 Å². The molecule has 0 aliphatic heterocycles. The Labute approximate surface area is 202 Å². The Bertz CT molecular complexity index is 1140. The van der Waals surface area contributed by atoms with Crippen molar-refractivity contribution in [1.82, 2.24) is 25.6 Å². The smallest absolute Gasteiger partial charge is 0.407 e. The Hall–Kier alpha value is -4.21. The van der Waals surface area contributed by atoms with Crippen molar-refractivity contribution in [2.75, 3.05) is 13.2 Å². The first-order valence-electron chi connectivity index (χ1n) is 11.5. The molecule has 0 bridgehead atoms. The number of hydrogen-bond donors (Lipinski definition) is 3. The third-order valence-electron chi connectivity index (χ3n) is 5.93. The lowest BCUT2D eigenvalue weighted by atomic mass is 9.98. The fraction of sp³-hybridized carbons (Fsp3) is 0.320. The number of carboxylic acids is 1. The van der Waals surface area contributed by atoms with Gasteiger partial charge in [-0.05, 0) is 35.1 Å². The molecule has 2 amide bonds. The maximum absolute atomic E-state index is 12.6. The minimum atomic E-state index is -1.05. The van der Waals surface area contributed by atoms with Gasteiger partial charge in [0.25, 0.3) is 0 Å². The number of alkyl carbamates (subject to hydrolysis) is 1. The SMILES string of the molecule is O=C(O)CCC(NC(=O)OCC1c2ccccc2-c2ccccc21)C(=O)NCCCn1ccnn1. The van der Waals surface area contributed by atoms with Crippen molar-refractivity contribution < 1.29 is 24.2 Å². The van der Waals surface area contributed by atoms with E-state index in [1.165, 1.54) is 0 Å². The molecule has 1 aliphatic rings. The summed E-state index contributed by atoms with van der Waals surface area (Å²) in [6.45, 7) is 1.01. The quantitative estimate of drug-likeness (QED) is 0.361. The van der Waals surface area contributed by atoms with E-state index in [0.29, 0.717) is 19.5 Å². The molecule has 0 radical (unpaired) electrons. The zero-order chi connectivity index (χ0) is 24.6. The molecule has 35 heavy (non-hydrogen) atoms. The van der Waals surface area contributed by atoms with Crippen LogP contribution in [0.4, 0.5) is 4.79 Å². The summed E-state index contributed by atoms with van der Waals surface area (Å²) in [5.74, 6) is -1.63. The number of fused-ring (bicyclic) bond motifs is 3. The molecule has 1 aliphatic carbocycles. The van der Waals surface area contributed by atoms with Gasteiger partial charge in [-0.15, -0.1) is 5.10 Å². The van der Waals surface area contributed by atoms with E-state index in [1.807, 2.05) is 48.5 Å². The van der Waals surface area contributed by atoms with Crippen LogP contribution in [0.15, 0.2) is 60.9 Å². The maximum atomic E-state index is 12.6. The minimum absolute atomic E-state index is 0.0472. The molecular formula is C25H27N5O5. The molecule has 10 heteroatoms. The normalized spacial score (nSPS) is 12.9. The Kier molecular flexibility index (Phi) is 7.71. The largest absolute Gasteiger partial charge is 0.481 e. The second-order valence-electron chi connectivity index (χ2n) is 8.27. The molecule has 1 aromatic heterocycles. The van der Waals surface area contributed by atoms with Gasteiger partial charge in [0.1, 0.15) is 12.6 Å². The first-order chi connectivity index (χ1) is 17.0. The van der Waals surface area contributed by atoms with Gasteiger partial charge in [-0.25, -0.2) is 4.79 Å². The zero-order valence-corrected chi connectivity index (χ0v) is 19.1. The van der Waals surface area contributed by atoms with Gasteiger partial charge in [-0.2, -0.15) is 0 Å². The van der Waals surface area contributed by atoms with Gasteiger partial charge in [0, 0.05) is 31.6 Å². The highest BCUT2D eigenvalue weighted by molar-refractivity contribution is 5.86. The van der Waals surface area contributed by atoms with Crippen LogP contribution in [-0.4, -0.2) is 57.3 Å². The van der Waals surface area contributed by atoms with Crippen molar-refractivity contribution in [2.45, 2.75) is 37.8 Å². The highest BCUT2D eigenvalue weighted by Crippen LogP contribution is 2.44. The lowest BCUT2D eigenvalue weighted by Crippen LogP contribution is -2.47. The van der Waals surface area contributed by atoms with E-state index in [1.54, 1.807) is 17.1 Å². The summed E-state index contributed by atoms with van der Waals surface area (Å²) < 4.78 is 7.15. The first-order valence-corrected chi connectivity index (χ1v) is 11.5. The molecule has 182 valence electrons. The lowest BCUT2D eigenvalue weighted by molar-refractivity contribution is -0.137. The van der Waals surface area contributed by atoms with Crippen molar-refractivity contribution in [1.29, 1.82) is 0 Å². The van der Waals surface area contributed by atoms with Crippen LogP contribution in [0.25, 0.3) is 11.1 Å². The number of ether oxygens (including phenoxy) is 1. The van der Waals surface area contributed by atoms with Gasteiger partial charge in [-0.3, -0.25) is 14.3 Å². The molecular weight excluding hydrogens is 450 g/mol. The summed E-state index contributed by atoms with van der Waals surface area (Å²) >= 11 is 0. The van der Waals surface area contributed by atoms with Crippen LogP contribution in [0.2, 0.25) is 0 Å². The van der Waals surface area contributed by atoms with Crippen LogP contribution >= 0.6 is 0 Å². The second kappa shape index (κ2) is 11.3. The Balaban J connectivity index is 1.32. The van der Waals surface area contributed by atoms with Gasteiger partial charge in [0.2, 0.25) is 5.91 Å². The van der Waals surface area contributed by atoms with E-state index in [-0.39, 0.29) is 25.4 Å². The molecule has 2 aromatic carbocycles. The number of aromatic nitrogens is 3. The van der Waals surface area contributed by atoms with Gasteiger partial charge in [0.15, 0.2) is 0 Å². The number of nitrogens with one attached hydrogen (secondary N) is 2. The number of aryl methyl sites for hydroxylation is 1. The molecule has 0 saturated carbocycles. The second-order valence-corrected chi connectivity index (χ2v) is 8.27. The van der Waals surface area contributed by atoms with E-state index < -0.39 is 24.0 Å². The average molecular weight is 478 g/mol. The maximum Gasteiger partial charge on any atom is 0.407 e. The van der Waals surface area contributed by atoms with Crippen LogP contribution in [-0.2, 0) is 20.9 Å². The number of hydrogen-bond acceptors (Lipinski definition) is 6. The van der Waals surface area contributed by atoms with Crippen LogP contribution in [0.5, 0.6) is 0 Å². The molecule has 4 rings (SSSR count). The molecule has 0 saturated heterocycles. The van der Waals surface area contributed by atoms with Crippen molar-refractivity contribution in [3.8, 4) is 11.1 Å². The molecule has 3 N–H and O–H groups in total. The van der Waals surface area contributed by atoms with Crippen LogP contribution in [0.1, 0.15) is 36.3 Å². The summed E-state index contributed by atoms with van der Waals surface area (Å²) in [5, 5.41) is 21.9. The van der Waals surface area contributed by atoms with Crippen molar-refractivity contribution in [3.05, 3.63) is 72.1 Å². The van der Waals surface area contributed by atoms with Gasteiger partial charge >= 0.3 is 12.1 Å². The summed E-state index contributed by atoms with van der Waals surface area (Å²) in [5.41, 5.74) is 4.38. The monoisotopic (exact) mass is 477 g/mol. The summed E-state index contributed by atoms with van der Waals surface area (Å²) in [6, 6.07) is 15.0. The fourth-order valence-corrected chi connectivity index (χ4v) is 4.25. The predicted molar refractivity (Wildman–Crippen MR) is 127 cm³/mol.